The average Bonchev–Trinajstić information content (AvgIpc) is 2.27. The molecule has 0 atom stereocenters. The lowest BCUT2D eigenvalue weighted by atomic mass is 10.2. The third-order valence-electron chi connectivity index (χ3n) is 2.31. The lowest BCUT2D eigenvalue weighted by Crippen LogP contribution is -2.11. The van der Waals surface area contributed by atoms with E-state index in [4.69, 9.17) is 9.84 Å². The molecule has 0 bridgehead atoms. The van der Waals surface area contributed by atoms with Crippen LogP contribution in [0.2, 0.25) is 0 Å². The minimum absolute atomic E-state index is 0.108. The van der Waals surface area contributed by atoms with E-state index >= 15 is 0 Å². The van der Waals surface area contributed by atoms with Gasteiger partial charge in [-0.05, 0) is 40.0 Å². The summed E-state index contributed by atoms with van der Waals surface area (Å²) in [6.45, 7) is 6.93. The van der Waals surface area contributed by atoms with Gasteiger partial charge >= 0.3 is 0 Å². The number of anilines is 1. The van der Waals surface area contributed by atoms with Crippen LogP contribution < -0.4 is 10.1 Å². The summed E-state index contributed by atoms with van der Waals surface area (Å²) in [4.78, 5) is 8.61. The summed E-state index contributed by atoms with van der Waals surface area (Å²) in [5.74, 6) is 1.21. The Balaban J connectivity index is 2.46. The van der Waals surface area contributed by atoms with Gasteiger partial charge in [0.2, 0.25) is 11.8 Å². The molecule has 102 valence electrons. The molecule has 18 heavy (non-hydrogen) atoms. The number of aromatic nitrogens is 2. The van der Waals surface area contributed by atoms with Crippen LogP contribution in [0.3, 0.4) is 0 Å². The average molecular weight is 253 g/mol. The number of aliphatic hydroxyl groups excluding tert-OH is 1. The van der Waals surface area contributed by atoms with E-state index in [0.717, 1.165) is 31.5 Å². The molecule has 0 fully saturated rings. The molecule has 0 unspecified atom stereocenters. The van der Waals surface area contributed by atoms with Crippen molar-refractivity contribution in [3.8, 4) is 5.88 Å². The van der Waals surface area contributed by atoms with Gasteiger partial charge in [-0.2, -0.15) is 4.98 Å². The van der Waals surface area contributed by atoms with E-state index in [9.17, 15) is 0 Å². The first-order chi connectivity index (χ1) is 8.61. The molecule has 1 rings (SSSR count). The molecule has 0 aromatic carbocycles. The Morgan fingerprint density at radius 2 is 2.06 bits per heavy atom. The van der Waals surface area contributed by atoms with Crippen LogP contribution in [-0.4, -0.2) is 34.3 Å². The number of hydrogen-bond acceptors (Lipinski definition) is 5. The number of hydrogen-bond donors (Lipinski definition) is 2. The zero-order valence-electron chi connectivity index (χ0n) is 11.4. The quantitative estimate of drug-likeness (QED) is 0.695. The predicted octanol–water partition coefficient (Wildman–Crippen LogP) is 2.15. The summed E-state index contributed by atoms with van der Waals surface area (Å²) in [6.07, 6.45) is 2.96. The van der Waals surface area contributed by atoms with Crippen LogP contribution >= 0.6 is 0 Å². The van der Waals surface area contributed by atoms with Crippen LogP contribution in [0.5, 0.6) is 5.88 Å². The number of aliphatic hydroxyl groups is 1. The van der Waals surface area contributed by atoms with Gasteiger partial charge in [-0.3, -0.25) is 0 Å². The van der Waals surface area contributed by atoms with Crippen molar-refractivity contribution in [2.45, 2.75) is 46.1 Å². The summed E-state index contributed by atoms with van der Waals surface area (Å²) < 4.78 is 5.56. The minimum Gasteiger partial charge on any atom is -0.475 e. The van der Waals surface area contributed by atoms with Gasteiger partial charge in [-0.15, -0.1) is 0 Å². The van der Waals surface area contributed by atoms with Crippen molar-refractivity contribution in [3.05, 3.63) is 11.8 Å². The maximum Gasteiger partial charge on any atom is 0.226 e. The molecule has 0 saturated carbocycles. The van der Waals surface area contributed by atoms with Gasteiger partial charge in [0.1, 0.15) is 0 Å². The maximum atomic E-state index is 8.68. The van der Waals surface area contributed by atoms with Crippen molar-refractivity contribution < 1.29 is 9.84 Å². The molecule has 0 radical (unpaired) electrons. The second kappa shape index (κ2) is 7.87. The standard InChI is InChI=1S/C13H23N3O2/c1-10(2)18-12-9-11(3)15-13(16-12)14-7-5-4-6-8-17/h9-10,17H,4-8H2,1-3H3,(H,14,15,16). The minimum atomic E-state index is 0.108. The second-order valence-electron chi connectivity index (χ2n) is 4.55. The molecule has 0 aliphatic carbocycles. The SMILES string of the molecule is Cc1cc(OC(C)C)nc(NCCCCCO)n1. The fraction of sp³-hybridized carbons (Fsp3) is 0.692. The number of rotatable bonds is 8. The Morgan fingerprint density at radius 3 is 2.72 bits per heavy atom. The molecule has 1 aromatic heterocycles. The molecule has 0 amide bonds. The summed E-state index contributed by atoms with van der Waals surface area (Å²) in [7, 11) is 0. The first-order valence-corrected chi connectivity index (χ1v) is 6.49. The summed E-state index contributed by atoms with van der Waals surface area (Å²) in [5, 5.41) is 11.9. The molecule has 0 aliphatic rings. The van der Waals surface area contributed by atoms with Gasteiger partial charge in [0.05, 0.1) is 6.10 Å². The van der Waals surface area contributed by atoms with E-state index < -0.39 is 0 Å². The Bertz CT molecular complexity index is 356. The van der Waals surface area contributed by atoms with Gasteiger partial charge in [0.25, 0.3) is 0 Å². The van der Waals surface area contributed by atoms with Crippen LogP contribution in [0, 0.1) is 6.92 Å². The van der Waals surface area contributed by atoms with Crippen molar-refractivity contribution in [1.29, 1.82) is 0 Å². The molecule has 1 heterocycles. The van der Waals surface area contributed by atoms with E-state index in [1.54, 1.807) is 0 Å². The fourth-order valence-electron chi connectivity index (χ4n) is 1.53. The highest BCUT2D eigenvalue weighted by Crippen LogP contribution is 2.13. The molecule has 5 nitrogen and oxygen atoms in total. The van der Waals surface area contributed by atoms with Gasteiger partial charge in [-0.25, -0.2) is 4.98 Å². The molecular formula is C13H23N3O2. The topological polar surface area (TPSA) is 67.3 Å². The zero-order chi connectivity index (χ0) is 13.4. The Hall–Kier alpha value is -1.36. The smallest absolute Gasteiger partial charge is 0.226 e. The van der Waals surface area contributed by atoms with Crippen molar-refractivity contribution >= 4 is 5.95 Å². The Kier molecular flexibility index (Phi) is 6.43. The monoisotopic (exact) mass is 253 g/mol. The summed E-state index contributed by atoms with van der Waals surface area (Å²) >= 11 is 0. The molecule has 2 N–H and O–H groups in total. The molecule has 5 heteroatoms. The van der Waals surface area contributed by atoms with Crippen molar-refractivity contribution in [2.75, 3.05) is 18.5 Å². The number of nitrogens with one attached hydrogen (secondary N) is 1. The molecule has 0 aliphatic heterocycles. The first kappa shape index (κ1) is 14.7. The lowest BCUT2D eigenvalue weighted by molar-refractivity contribution is 0.232. The van der Waals surface area contributed by atoms with Gasteiger partial charge in [0, 0.05) is 24.9 Å². The molecule has 0 spiro atoms. The van der Waals surface area contributed by atoms with Crippen LogP contribution in [0.25, 0.3) is 0 Å². The number of unbranched alkanes of at least 4 members (excludes halogenated alkanes) is 2. The van der Waals surface area contributed by atoms with E-state index in [1.807, 2.05) is 26.8 Å². The number of nitrogens with zero attached hydrogens (tertiary/aromatic N) is 2. The fourth-order valence-corrected chi connectivity index (χ4v) is 1.53. The van der Waals surface area contributed by atoms with Crippen LogP contribution in [0.1, 0.15) is 38.8 Å². The second-order valence-corrected chi connectivity index (χ2v) is 4.55. The zero-order valence-corrected chi connectivity index (χ0v) is 11.4. The Morgan fingerprint density at radius 1 is 1.28 bits per heavy atom. The van der Waals surface area contributed by atoms with Crippen LogP contribution in [0.15, 0.2) is 6.07 Å². The highest BCUT2D eigenvalue weighted by Gasteiger charge is 2.04. The van der Waals surface area contributed by atoms with E-state index in [1.165, 1.54) is 0 Å². The summed E-state index contributed by atoms with van der Waals surface area (Å²) in [6, 6.07) is 1.83. The molecule has 1 aromatic rings. The number of ether oxygens (including phenoxy) is 1. The predicted molar refractivity (Wildman–Crippen MR) is 72.0 cm³/mol. The highest BCUT2D eigenvalue weighted by molar-refractivity contribution is 5.30. The van der Waals surface area contributed by atoms with E-state index in [2.05, 4.69) is 15.3 Å². The molecular weight excluding hydrogens is 230 g/mol. The molecule has 0 saturated heterocycles. The third kappa shape index (κ3) is 5.82. The van der Waals surface area contributed by atoms with Gasteiger partial charge in [0.15, 0.2) is 0 Å². The highest BCUT2D eigenvalue weighted by atomic mass is 16.5. The lowest BCUT2D eigenvalue weighted by Gasteiger charge is -2.11. The van der Waals surface area contributed by atoms with Crippen molar-refractivity contribution in [1.82, 2.24) is 9.97 Å². The van der Waals surface area contributed by atoms with Crippen molar-refractivity contribution in [3.63, 3.8) is 0 Å². The van der Waals surface area contributed by atoms with Gasteiger partial charge < -0.3 is 15.2 Å². The first-order valence-electron chi connectivity index (χ1n) is 6.49. The van der Waals surface area contributed by atoms with Crippen LogP contribution in [-0.2, 0) is 0 Å². The van der Waals surface area contributed by atoms with Crippen LogP contribution in [0.4, 0.5) is 5.95 Å². The normalized spacial score (nSPS) is 10.7. The third-order valence-corrected chi connectivity index (χ3v) is 2.31. The maximum absolute atomic E-state index is 8.68. The van der Waals surface area contributed by atoms with Crippen molar-refractivity contribution in [2.24, 2.45) is 0 Å². The Labute approximate surface area is 109 Å². The van der Waals surface area contributed by atoms with Gasteiger partial charge in [-0.1, -0.05) is 0 Å². The van der Waals surface area contributed by atoms with E-state index in [0.29, 0.717) is 11.8 Å². The largest absolute Gasteiger partial charge is 0.475 e. The number of aryl methyl sites for hydroxylation is 1. The summed E-state index contributed by atoms with van der Waals surface area (Å²) in [5.41, 5.74) is 0.888. The van der Waals surface area contributed by atoms with E-state index in [-0.39, 0.29) is 12.7 Å².